The van der Waals surface area contributed by atoms with E-state index in [1.54, 1.807) is 54.2 Å². The molecule has 5 rings (SSSR count). The number of nitrogens with one attached hydrogen (secondary N) is 2. The van der Waals surface area contributed by atoms with Gasteiger partial charge in [-0.3, -0.25) is 10.2 Å². The van der Waals surface area contributed by atoms with E-state index in [0.717, 1.165) is 16.9 Å². The number of benzene rings is 4. The van der Waals surface area contributed by atoms with Gasteiger partial charge in [0.05, 0.1) is 6.61 Å². The molecule has 0 spiro atoms. The molecule has 11 heteroatoms. The first-order chi connectivity index (χ1) is 22.4. The first-order valence-corrected chi connectivity index (χ1v) is 16.7. The number of carbonyl (C=O) groups excluding carboxylic acids is 1. The highest BCUT2D eigenvalue weighted by Gasteiger charge is 2.54. The van der Waals surface area contributed by atoms with Crippen LogP contribution in [0.25, 0.3) is 0 Å². The van der Waals surface area contributed by atoms with Crippen molar-refractivity contribution >= 4 is 46.8 Å². The second kappa shape index (κ2) is 16.3. The fourth-order valence-electron chi connectivity index (χ4n) is 5.03. The van der Waals surface area contributed by atoms with Gasteiger partial charge < -0.3 is 14.6 Å². The molecule has 0 unspecified atom stereocenters. The monoisotopic (exact) mass is 681 g/mol. The maximum Gasteiger partial charge on any atom is 0.266 e. The molecule has 0 radical (unpaired) electrons. The van der Waals surface area contributed by atoms with Crippen molar-refractivity contribution in [3.8, 4) is 5.75 Å². The third-order valence-electron chi connectivity index (χ3n) is 7.35. The van der Waals surface area contributed by atoms with E-state index in [-0.39, 0.29) is 24.8 Å². The van der Waals surface area contributed by atoms with Crippen molar-refractivity contribution in [2.75, 3.05) is 25.5 Å². The van der Waals surface area contributed by atoms with Crippen LogP contribution in [-0.4, -0.2) is 48.0 Å². The van der Waals surface area contributed by atoms with E-state index in [4.69, 9.17) is 42.8 Å². The van der Waals surface area contributed by atoms with E-state index in [2.05, 4.69) is 10.9 Å². The SMILES string of the molecule is O=C(NNCCSCc1ccc(F)cc1)[C@@]1(Cc2ccccc2)N=C(c2ccc(OCCCO)cc2)O[C@H]1c1ccc(Cl)cc1Cl. The molecule has 240 valence electrons. The number of rotatable bonds is 15. The number of carbonyl (C=O) groups is 1. The molecule has 1 amide bonds. The molecule has 4 aromatic carbocycles. The number of hydrogen-bond donors (Lipinski definition) is 3. The highest BCUT2D eigenvalue weighted by molar-refractivity contribution is 7.98. The summed E-state index contributed by atoms with van der Waals surface area (Å²) in [5.41, 5.74) is 7.67. The maximum atomic E-state index is 14.3. The van der Waals surface area contributed by atoms with Crippen molar-refractivity contribution in [2.24, 2.45) is 4.99 Å². The zero-order valence-electron chi connectivity index (χ0n) is 24.9. The normalized spacial score (nSPS) is 17.3. The lowest BCUT2D eigenvalue weighted by Crippen LogP contribution is -2.54. The molecular weight excluding hydrogens is 648 g/mol. The van der Waals surface area contributed by atoms with Crippen molar-refractivity contribution in [1.29, 1.82) is 0 Å². The van der Waals surface area contributed by atoms with Crippen molar-refractivity contribution in [3.63, 3.8) is 0 Å². The third kappa shape index (κ3) is 8.60. The Labute approximate surface area is 282 Å². The quantitative estimate of drug-likeness (QED) is 0.0930. The number of aliphatic hydroxyl groups excluding tert-OH is 1. The molecule has 1 aliphatic heterocycles. The van der Waals surface area contributed by atoms with E-state index in [9.17, 15) is 9.18 Å². The van der Waals surface area contributed by atoms with Gasteiger partial charge >= 0.3 is 0 Å². The summed E-state index contributed by atoms with van der Waals surface area (Å²) in [7, 11) is 0. The summed E-state index contributed by atoms with van der Waals surface area (Å²) in [5, 5.41) is 9.87. The first-order valence-electron chi connectivity index (χ1n) is 14.8. The third-order valence-corrected chi connectivity index (χ3v) is 8.94. The number of aliphatic hydroxyl groups is 1. The van der Waals surface area contributed by atoms with Gasteiger partial charge in [0, 0.05) is 58.7 Å². The Morgan fingerprint density at radius 2 is 1.76 bits per heavy atom. The molecule has 1 heterocycles. The van der Waals surface area contributed by atoms with Crippen molar-refractivity contribution in [3.05, 3.63) is 135 Å². The number of hydrazine groups is 1. The second-order valence-corrected chi connectivity index (χ2v) is 12.6. The Morgan fingerprint density at radius 1 is 1.00 bits per heavy atom. The summed E-state index contributed by atoms with van der Waals surface area (Å²) in [5.74, 6) is 1.71. The minimum atomic E-state index is -1.43. The van der Waals surface area contributed by atoms with Crippen molar-refractivity contribution < 1.29 is 23.8 Å². The van der Waals surface area contributed by atoms with Gasteiger partial charge in [-0.25, -0.2) is 14.8 Å². The predicted molar refractivity (Wildman–Crippen MR) is 182 cm³/mol. The van der Waals surface area contributed by atoms with Crippen LogP contribution in [0.2, 0.25) is 10.0 Å². The summed E-state index contributed by atoms with van der Waals surface area (Å²) >= 11 is 14.6. The second-order valence-electron chi connectivity index (χ2n) is 10.7. The molecule has 0 aliphatic carbocycles. The largest absolute Gasteiger partial charge is 0.494 e. The molecule has 46 heavy (non-hydrogen) atoms. The number of halogens is 3. The van der Waals surface area contributed by atoms with Gasteiger partial charge in [-0.1, -0.05) is 71.7 Å². The Morgan fingerprint density at radius 3 is 2.48 bits per heavy atom. The van der Waals surface area contributed by atoms with E-state index < -0.39 is 11.6 Å². The van der Waals surface area contributed by atoms with Gasteiger partial charge in [-0.15, -0.1) is 0 Å². The minimum Gasteiger partial charge on any atom is -0.494 e. The summed E-state index contributed by atoms with van der Waals surface area (Å²) in [4.78, 5) is 19.3. The van der Waals surface area contributed by atoms with Crippen LogP contribution in [0.15, 0.2) is 102 Å². The zero-order chi connectivity index (χ0) is 32.4. The van der Waals surface area contributed by atoms with Crippen LogP contribution in [0, 0.1) is 5.82 Å². The van der Waals surface area contributed by atoms with Crippen LogP contribution in [0.3, 0.4) is 0 Å². The molecule has 4 aromatic rings. The molecule has 2 atom stereocenters. The molecule has 1 aliphatic rings. The maximum absolute atomic E-state index is 14.3. The Hall–Kier alpha value is -3.60. The van der Waals surface area contributed by atoms with Crippen LogP contribution in [0.1, 0.15) is 34.8 Å². The predicted octanol–water partition coefficient (Wildman–Crippen LogP) is 6.95. The number of aliphatic imine (C=N–C) groups is 1. The molecule has 0 saturated heterocycles. The highest BCUT2D eigenvalue weighted by Crippen LogP contribution is 2.45. The van der Waals surface area contributed by atoms with E-state index >= 15 is 0 Å². The van der Waals surface area contributed by atoms with E-state index in [1.807, 2.05) is 42.5 Å². The summed E-state index contributed by atoms with van der Waals surface area (Å²) in [6.45, 7) is 0.926. The molecule has 0 bridgehead atoms. The van der Waals surface area contributed by atoms with Crippen LogP contribution in [0.4, 0.5) is 4.39 Å². The molecule has 0 fully saturated rings. The average molecular weight is 683 g/mol. The zero-order valence-corrected chi connectivity index (χ0v) is 27.3. The lowest BCUT2D eigenvalue weighted by Gasteiger charge is -2.31. The highest BCUT2D eigenvalue weighted by atomic mass is 35.5. The molecular formula is C35H34Cl2FN3O4S. The topological polar surface area (TPSA) is 92.2 Å². The lowest BCUT2D eigenvalue weighted by molar-refractivity contribution is -0.130. The average Bonchev–Trinajstić information content (AvgIpc) is 3.44. The smallest absolute Gasteiger partial charge is 0.266 e. The van der Waals surface area contributed by atoms with E-state index in [1.165, 1.54) is 12.1 Å². The number of hydrogen-bond acceptors (Lipinski definition) is 7. The van der Waals surface area contributed by atoms with Gasteiger partial charge in [-0.05, 0) is 59.7 Å². The standard InChI is InChI=1S/C35H34Cl2FN3O4S/c36-27-11-16-30(31(37)21-27)32-35(22-24-5-2-1-3-6-24,34(43)41-39-17-20-46-23-25-7-12-28(38)13-8-25)40-33(45-32)26-9-14-29(15-10-26)44-19-4-18-42/h1-3,5-16,21,32,39,42H,4,17-20,22-23H2,(H,41,43)/t32-,35-/m0/s1. The van der Waals surface area contributed by atoms with Crippen LogP contribution in [0.5, 0.6) is 5.75 Å². The Kier molecular flexibility index (Phi) is 12.0. The Balaban J connectivity index is 1.40. The Bertz CT molecular complexity index is 1630. The number of ether oxygens (including phenoxy) is 2. The summed E-state index contributed by atoms with van der Waals surface area (Å²) < 4.78 is 25.4. The molecule has 3 N–H and O–H groups in total. The minimum absolute atomic E-state index is 0.0482. The first kappa shape index (κ1) is 33.8. The van der Waals surface area contributed by atoms with Gasteiger partial charge in [-0.2, -0.15) is 11.8 Å². The van der Waals surface area contributed by atoms with Gasteiger partial charge in [0.2, 0.25) is 5.90 Å². The van der Waals surface area contributed by atoms with Crippen LogP contribution >= 0.6 is 35.0 Å². The van der Waals surface area contributed by atoms with Gasteiger partial charge in [0.25, 0.3) is 5.91 Å². The molecule has 0 saturated carbocycles. The van der Waals surface area contributed by atoms with Crippen molar-refractivity contribution in [2.45, 2.75) is 30.2 Å². The van der Waals surface area contributed by atoms with Crippen LogP contribution < -0.4 is 15.6 Å². The van der Waals surface area contributed by atoms with E-state index in [0.29, 0.717) is 58.1 Å². The lowest BCUT2D eigenvalue weighted by atomic mass is 9.82. The van der Waals surface area contributed by atoms with Gasteiger partial charge in [0.1, 0.15) is 11.6 Å². The molecule has 7 nitrogen and oxygen atoms in total. The summed E-state index contributed by atoms with van der Waals surface area (Å²) in [6, 6.07) is 28.4. The number of nitrogens with zero attached hydrogens (tertiary/aromatic N) is 1. The number of thioether (sulfide) groups is 1. The fraction of sp³-hybridized carbons (Fsp3) is 0.257. The van der Waals surface area contributed by atoms with Gasteiger partial charge in [0.15, 0.2) is 11.6 Å². The fourth-order valence-corrected chi connectivity index (χ4v) is 6.35. The molecule has 0 aromatic heterocycles. The summed E-state index contributed by atoms with van der Waals surface area (Å²) in [6.07, 6.45) is -0.113. The number of amides is 1. The van der Waals surface area contributed by atoms with Crippen LogP contribution in [-0.2, 0) is 21.7 Å². The van der Waals surface area contributed by atoms with Crippen molar-refractivity contribution in [1.82, 2.24) is 10.9 Å².